The summed E-state index contributed by atoms with van der Waals surface area (Å²) < 4.78 is 0. The molecule has 0 nitrogen and oxygen atoms in total. The first-order valence-electron chi connectivity index (χ1n) is 4.48. The van der Waals surface area contributed by atoms with Crippen molar-refractivity contribution in [2.75, 3.05) is 0 Å². The van der Waals surface area contributed by atoms with E-state index in [9.17, 15) is 0 Å². The standard InChI is InChI=1S/C12H15Cl/c1-9-6-10(2)8-12(7-9)5-4-11(3)13/h6-8H,3-5H2,1-2H3. The highest BCUT2D eigenvalue weighted by Gasteiger charge is 1.96. The van der Waals surface area contributed by atoms with Crippen LogP contribution in [0.3, 0.4) is 0 Å². The first kappa shape index (κ1) is 10.3. The van der Waals surface area contributed by atoms with Gasteiger partial charge in [0.2, 0.25) is 0 Å². The van der Waals surface area contributed by atoms with Crippen LogP contribution in [0.2, 0.25) is 0 Å². The minimum Gasteiger partial charge on any atom is -0.0898 e. The number of halogens is 1. The lowest BCUT2D eigenvalue weighted by molar-refractivity contribution is 0.983. The van der Waals surface area contributed by atoms with Gasteiger partial charge in [-0.1, -0.05) is 47.5 Å². The molecule has 0 atom stereocenters. The van der Waals surface area contributed by atoms with Gasteiger partial charge in [-0.25, -0.2) is 0 Å². The van der Waals surface area contributed by atoms with Crippen LogP contribution in [0.25, 0.3) is 0 Å². The number of hydrogen-bond donors (Lipinski definition) is 0. The molecule has 0 aliphatic rings. The molecule has 0 bridgehead atoms. The van der Waals surface area contributed by atoms with Crippen LogP contribution in [0.4, 0.5) is 0 Å². The van der Waals surface area contributed by atoms with E-state index in [1.807, 2.05) is 0 Å². The van der Waals surface area contributed by atoms with Crippen molar-refractivity contribution in [3.8, 4) is 0 Å². The van der Waals surface area contributed by atoms with Gasteiger partial charge in [-0.05, 0) is 32.3 Å². The zero-order chi connectivity index (χ0) is 9.84. The first-order chi connectivity index (χ1) is 6.08. The number of allylic oxidation sites excluding steroid dienone is 1. The fourth-order valence-electron chi connectivity index (χ4n) is 1.49. The number of rotatable bonds is 3. The molecule has 0 N–H and O–H groups in total. The van der Waals surface area contributed by atoms with Crippen molar-refractivity contribution >= 4 is 11.6 Å². The maximum atomic E-state index is 5.71. The van der Waals surface area contributed by atoms with Gasteiger partial charge in [-0.2, -0.15) is 0 Å². The molecule has 0 aliphatic carbocycles. The topological polar surface area (TPSA) is 0 Å². The summed E-state index contributed by atoms with van der Waals surface area (Å²) in [5.74, 6) is 0. The van der Waals surface area contributed by atoms with E-state index in [4.69, 9.17) is 11.6 Å². The van der Waals surface area contributed by atoms with Gasteiger partial charge < -0.3 is 0 Å². The van der Waals surface area contributed by atoms with Crippen molar-refractivity contribution in [1.82, 2.24) is 0 Å². The van der Waals surface area contributed by atoms with Crippen LogP contribution < -0.4 is 0 Å². The van der Waals surface area contributed by atoms with Crippen LogP contribution in [0.1, 0.15) is 23.1 Å². The summed E-state index contributed by atoms with van der Waals surface area (Å²) >= 11 is 5.71. The van der Waals surface area contributed by atoms with E-state index in [-0.39, 0.29) is 0 Å². The van der Waals surface area contributed by atoms with Crippen LogP contribution in [0, 0.1) is 13.8 Å². The molecule has 0 aromatic heterocycles. The summed E-state index contributed by atoms with van der Waals surface area (Å²) in [6.07, 6.45) is 1.86. The first-order valence-corrected chi connectivity index (χ1v) is 4.86. The Balaban J connectivity index is 2.71. The summed E-state index contributed by atoms with van der Waals surface area (Å²) in [5.41, 5.74) is 3.98. The highest BCUT2D eigenvalue weighted by Crippen LogP contribution is 2.14. The number of benzene rings is 1. The summed E-state index contributed by atoms with van der Waals surface area (Å²) in [6.45, 7) is 7.91. The van der Waals surface area contributed by atoms with Crippen molar-refractivity contribution in [2.45, 2.75) is 26.7 Å². The maximum absolute atomic E-state index is 5.71. The van der Waals surface area contributed by atoms with Crippen LogP contribution in [0.15, 0.2) is 29.8 Å². The van der Waals surface area contributed by atoms with Gasteiger partial charge in [0.1, 0.15) is 0 Å². The molecule has 0 amide bonds. The van der Waals surface area contributed by atoms with E-state index in [1.165, 1.54) is 16.7 Å². The maximum Gasteiger partial charge on any atom is 0.0112 e. The molecule has 13 heavy (non-hydrogen) atoms. The van der Waals surface area contributed by atoms with E-state index in [0.29, 0.717) is 0 Å². The minimum atomic E-state index is 0.735. The fraction of sp³-hybridized carbons (Fsp3) is 0.333. The Morgan fingerprint density at radius 1 is 1.23 bits per heavy atom. The lowest BCUT2D eigenvalue weighted by Crippen LogP contribution is -1.88. The van der Waals surface area contributed by atoms with Gasteiger partial charge in [0.15, 0.2) is 0 Å². The zero-order valence-electron chi connectivity index (χ0n) is 8.23. The summed E-state index contributed by atoms with van der Waals surface area (Å²) in [4.78, 5) is 0. The van der Waals surface area contributed by atoms with E-state index >= 15 is 0 Å². The van der Waals surface area contributed by atoms with Gasteiger partial charge in [0.25, 0.3) is 0 Å². The second-order valence-corrected chi connectivity index (χ2v) is 4.05. The Morgan fingerprint density at radius 3 is 2.23 bits per heavy atom. The molecule has 70 valence electrons. The number of hydrogen-bond acceptors (Lipinski definition) is 0. The van der Waals surface area contributed by atoms with Crippen molar-refractivity contribution in [3.63, 3.8) is 0 Å². The quantitative estimate of drug-likeness (QED) is 0.683. The van der Waals surface area contributed by atoms with Gasteiger partial charge >= 0.3 is 0 Å². The predicted molar refractivity (Wildman–Crippen MR) is 59.2 cm³/mol. The highest BCUT2D eigenvalue weighted by atomic mass is 35.5. The lowest BCUT2D eigenvalue weighted by Gasteiger charge is -2.03. The van der Waals surface area contributed by atoms with E-state index in [0.717, 1.165) is 17.9 Å². The molecule has 1 heteroatoms. The molecular weight excluding hydrogens is 180 g/mol. The Bertz CT molecular complexity index is 293. The molecule has 0 unspecified atom stereocenters. The predicted octanol–water partition coefficient (Wildman–Crippen LogP) is 3.99. The molecule has 1 rings (SSSR count). The molecule has 0 fully saturated rings. The van der Waals surface area contributed by atoms with Crippen molar-refractivity contribution in [2.24, 2.45) is 0 Å². The molecular formula is C12H15Cl. The van der Waals surface area contributed by atoms with Gasteiger partial charge in [-0.3, -0.25) is 0 Å². The molecule has 0 saturated heterocycles. The zero-order valence-corrected chi connectivity index (χ0v) is 8.99. The minimum absolute atomic E-state index is 0.735. The third-order valence-corrected chi connectivity index (χ3v) is 2.16. The van der Waals surface area contributed by atoms with Gasteiger partial charge in [0.05, 0.1) is 0 Å². The van der Waals surface area contributed by atoms with Crippen molar-refractivity contribution in [1.29, 1.82) is 0 Å². The molecule has 0 heterocycles. The second kappa shape index (κ2) is 4.48. The fourth-order valence-corrected chi connectivity index (χ4v) is 1.59. The van der Waals surface area contributed by atoms with Gasteiger partial charge in [0, 0.05) is 5.03 Å². The smallest absolute Gasteiger partial charge is 0.0112 e. The third-order valence-electron chi connectivity index (χ3n) is 1.97. The lowest BCUT2D eigenvalue weighted by atomic mass is 10.0. The third kappa shape index (κ3) is 3.65. The Morgan fingerprint density at radius 2 is 1.77 bits per heavy atom. The van der Waals surface area contributed by atoms with Crippen molar-refractivity contribution < 1.29 is 0 Å². The molecule has 1 aromatic carbocycles. The van der Waals surface area contributed by atoms with Crippen LogP contribution in [0.5, 0.6) is 0 Å². The molecule has 0 radical (unpaired) electrons. The summed E-state index contributed by atoms with van der Waals surface area (Å²) in [6, 6.07) is 6.58. The van der Waals surface area contributed by atoms with Crippen molar-refractivity contribution in [3.05, 3.63) is 46.5 Å². The van der Waals surface area contributed by atoms with Crippen LogP contribution in [-0.4, -0.2) is 0 Å². The Kier molecular flexibility index (Phi) is 3.56. The molecule has 0 saturated carbocycles. The molecule has 1 aromatic rings. The van der Waals surface area contributed by atoms with E-state index < -0.39 is 0 Å². The van der Waals surface area contributed by atoms with E-state index in [1.54, 1.807) is 0 Å². The van der Waals surface area contributed by atoms with Gasteiger partial charge in [-0.15, -0.1) is 0 Å². The second-order valence-electron chi connectivity index (χ2n) is 3.51. The SMILES string of the molecule is C=C(Cl)CCc1cc(C)cc(C)c1. The summed E-state index contributed by atoms with van der Waals surface area (Å²) in [5, 5.41) is 0.735. The monoisotopic (exact) mass is 194 g/mol. The molecule has 0 spiro atoms. The average Bonchev–Trinajstić information content (AvgIpc) is 1.99. The van der Waals surface area contributed by atoms with Crippen LogP contribution in [-0.2, 0) is 6.42 Å². The normalized spacial score (nSPS) is 10.1. The average molecular weight is 195 g/mol. The summed E-state index contributed by atoms with van der Waals surface area (Å²) in [7, 11) is 0. The molecule has 0 aliphatic heterocycles. The number of aryl methyl sites for hydroxylation is 3. The Hall–Kier alpha value is -0.750. The van der Waals surface area contributed by atoms with Crippen LogP contribution >= 0.6 is 11.6 Å². The Labute approximate surface area is 85.2 Å². The largest absolute Gasteiger partial charge is 0.0898 e. The highest BCUT2D eigenvalue weighted by molar-refractivity contribution is 6.29. The van der Waals surface area contributed by atoms with E-state index in [2.05, 4.69) is 38.6 Å².